The number of benzene rings is 1. The third-order valence-electron chi connectivity index (χ3n) is 2.79. The van der Waals surface area contributed by atoms with Gasteiger partial charge in [0.15, 0.2) is 0 Å². The molecular formula is C13H14FN5O2. The second kappa shape index (κ2) is 6.12. The van der Waals surface area contributed by atoms with E-state index in [9.17, 15) is 14.5 Å². The summed E-state index contributed by atoms with van der Waals surface area (Å²) in [5, 5.41) is 14.0. The Labute approximate surface area is 120 Å². The highest BCUT2D eigenvalue weighted by Crippen LogP contribution is 2.30. The molecule has 2 aromatic rings. The van der Waals surface area contributed by atoms with Crippen molar-refractivity contribution in [1.29, 1.82) is 0 Å². The van der Waals surface area contributed by atoms with Gasteiger partial charge >= 0.3 is 5.69 Å². The summed E-state index contributed by atoms with van der Waals surface area (Å²) in [7, 11) is 1.58. The fraction of sp³-hybridized carbons (Fsp3) is 0.231. The number of aromatic nitrogens is 2. The van der Waals surface area contributed by atoms with E-state index >= 15 is 0 Å². The van der Waals surface area contributed by atoms with Crippen molar-refractivity contribution in [1.82, 2.24) is 9.97 Å². The van der Waals surface area contributed by atoms with Crippen LogP contribution in [0.3, 0.4) is 0 Å². The van der Waals surface area contributed by atoms with E-state index in [2.05, 4.69) is 15.3 Å². The molecule has 0 saturated heterocycles. The first-order valence-electron chi connectivity index (χ1n) is 6.27. The maximum atomic E-state index is 13.3. The maximum Gasteiger partial charge on any atom is 0.330 e. The largest absolute Gasteiger partial charge is 0.354 e. The molecular weight excluding hydrogens is 277 g/mol. The van der Waals surface area contributed by atoms with Crippen LogP contribution in [0.4, 0.5) is 27.5 Å². The highest BCUT2D eigenvalue weighted by molar-refractivity contribution is 5.68. The monoisotopic (exact) mass is 291 g/mol. The van der Waals surface area contributed by atoms with Crippen molar-refractivity contribution in [3.63, 3.8) is 0 Å². The quantitative estimate of drug-likeness (QED) is 0.673. The van der Waals surface area contributed by atoms with E-state index in [0.29, 0.717) is 12.2 Å². The maximum absolute atomic E-state index is 13.3. The summed E-state index contributed by atoms with van der Waals surface area (Å²) in [4.78, 5) is 20.0. The molecule has 0 bridgehead atoms. The first-order valence-corrected chi connectivity index (χ1v) is 6.27. The summed E-state index contributed by atoms with van der Waals surface area (Å²) in [6.45, 7) is 2.45. The molecule has 1 N–H and O–H groups in total. The Morgan fingerprint density at radius 1 is 1.48 bits per heavy atom. The van der Waals surface area contributed by atoms with E-state index in [1.54, 1.807) is 13.1 Å². The first-order chi connectivity index (χ1) is 10.0. The van der Waals surface area contributed by atoms with Crippen LogP contribution in [0, 0.1) is 15.9 Å². The molecule has 0 atom stereocenters. The van der Waals surface area contributed by atoms with Crippen molar-refractivity contribution in [2.75, 3.05) is 23.8 Å². The lowest BCUT2D eigenvalue weighted by atomic mass is 10.3. The molecule has 0 aliphatic rings. The van der Waals surface area contributed by atoms with Gasteiger partial charge in [0.05, 0.1) is 4.92 Å². The van der Waals surface area contributed by atoms with E-state index in [4.69, 9.17) is 0 Å². The molecule has 110 valence electrons. The second-order valence-corrected chi connectivity index (χ2v) is 4.23. The third-order valence-corrected chi connectivity index (χ3v) is 2.79. The molecule has 2 rings (SSSR count). The van der Waals surface area contributed by atoms with Crippen LogP contribution in [-0.2, 0) is 0 Å². The van der Waals surface area contributed by atoms with E-state index in [1.807, 2.05) is 6.92 Å². The predicted octanol–water partition coefficient (Wildman–Crippen LogP) is 2.72. The number of anilines is 3. The lowest BCUT2D eigenvalue weighted by molar-refractivity contribution is -0.384. The molecule has 0 unspecified atom stereocenters. The van der Waals surface area contributed by atoms with Gasteiger partial charge in [-0.3, -0.25) is 10.1 Å². The Morgan fingerprint density at radius 2 is 2.24 bits per heavy atom. The molecule has 1 heterocycles. The summed E-state index contributed by atoms with van der Waals surface area (Å²) in [5.74, 6) is -0.0548. The van der Waals surface area contributed by atoms with E-state index in [0.717, 1.165) is 6.20 Å². The molecule has 0 radical (unpaired) electrons. The normalized spacial score (nSPS) is 10.2. The number of nitro groups is 1. The fourth-order valence-electron chi connectivity index (χ4n) is 1.79. The van der Waals surface area contributed by atoms with Crippen LogP contribution in [0.25, 0.3) is 0 Å². The Bertz CT molecular complexity index is 665. The molecule has 0 aliphatic carbocycles. The van der Waals surface area contributed by atoms with Crippen LogP contribution < -0.4 is 10.2 Å². The molecule has 0 aliphatic heterocycles. The number of nitrogens with zero attached hydrogens (tertiary/aromatic N) is 4. The fourth-order valence-corrected chi connectivity index (χ4v) is 1.79. The summed E-state index contributed by atoms with van der Waals surface area (Å²) in [6.07, 6.45) is 1.14. The van der Waals surface area contributed by atoms with Gasteiger partial charge in [0, 0.05) is 19.3 Å². The summed E-state index contributed by atoms with van der Waals surface area (Å²) in [5.41, 5.74) is 0.211. The number of nitrogens with one attached hydrogen (secondary N) is 1. The molecule has 8 heteroatoms. The zero-order valence-electron chi connectivity index (χ0n) is 11.6. The zero-order chi connectivity index (χ0) is 15.4. The van der Waals surface area contributed by atoms with Gasteiger partial charge in [-0.15, -0.1) is 0 Å². The number of hydrogen-bond acceptors (Lipinski definition) is 6. The molecule has 7 nitrogen and oxygen atoms in total. The van der Waals surface area contributed by atoms with E-state index < -0.39 is 10.7 Å². The topological polar surface area (TPSA) is 84.2 Å². The standard InChI is InChI=1S/C13H14FN5O2/c1-3-15-13-16-8-11(19(20)21)12(17-13)18(2)10-6-4-5-9(14)7-10/h4-8H,3H2,1-2H3,(H,15,16,17). The van der Waals surface area contributed by atoms with Crippen LogP contribution in [-0.4, -0.2) is 28.5 Å². The molecule has 0 saturated carbocycles. The van der Waals surface area contributed by atoms with Gasteiger partial charge in [-0.05, 0) is 25.1 Å². The van der Waals surface area contributed by atoms with Crippen LogP contribution >= 0.6 is 0 Å². The lowest BCUT2D eigenvalue weighted by Crippen LogP contribution is -2.15. The third kappa shape index (κ3) is 3.22. The van der Waals surface area contributed by atoms with Gasteiger partial charge in [0.2, 0.25) is 11.8 Å². The highest BCUT2D eigenvalue weighted by Gasteiger charge is 2.21. The van der Waals surface area contributed by atoms with Crippen molar-refractivity contribution in [3.05, 3.63) is 46.4 Å². The van der Waals surface area contributed by atoms with E-state index in [1.165, 1.54) is 23.1 Å². The summed E-state index contributed by atoms with van der Waals surface area (Å²) >= 11 is 0. The SMILES string of the molecule is CCNc1ncc([N+](=O)[O-])c(N(C)c2cccc(F)c2)n1. The number of hydrogen-bond donors (Lipinski definition) is 1. The van der Waals surface area contributed by atoms with E-state index in [-0.39, 0.29) is 17.5 Å². The average molecular weight is 291 g/mol. The molecule has 21 heavy (non-hydrogen) atoms. The Kier molecular flexibility index (Phi) is 4.27. The number of rotatable bonds is 5. The first kappa shape index (κ1) is 14.6. The lowest BCUT2D eigenvalue weighted by Gasteiger charge is -2.18. The van der Waals surface area contributed by atoms with Crippen LogP contribution in [0.15, 0.2) is 30.5 Å². The average Bonchev–Trinajstić information content (AvgIpc) is 2.46. The Balaban J connectivity index is 2.48. The highest BCUT2D eigenvalue weighted by atomic mass is 19.1. The van der Waals surface area contributed by atoms with Crippen molar-refractivity contribution in [3.8, 4) is 0 Å². The van der Waals surface area contributed by atoms with Gasteiger partial charge in [-0.2, -0.15) is 4.98 Å². The van der Waals surface area contributed by atoms with Gasteiger partial charge in [0.25, 0.3) is 0 Å². The van der Waals surface area contributed by atoms with Crippen LogP contribution in [0.1, 0.15) is 6.92 Å². The molecule has 0 spiro atoms. The van der Waals surface area contributed by atoms with Crippen molar-refractivity contribution in [2.45, 2.75) is 6.92 Å². The van der Waals surface area contributed by atoms with Gasteiger partial charge in [-0.25, -0.2) is 9.37 Å². The van der Waals surface area contributed by atoms with Crippen molar-refractivity contribution in [2.24, 2.45) is 0 Å². The van der Waals surface area contributed by atoms with Crippen LogP contribution in [0.2, 0.25) is 0 Å². The molecule has 0 fully saturated rings. The van der Waals surface area contributed by atoms with Crippen LogP contribution in [0.5, 0.6) is 0 Å². The van der Waals surface area contributed by atoms with Gasteiger partial charge in [-0.1, -0.05) is 6.07 Å². The molecule has 1 aromatic heterocycles. The Morgan fingerprint density at radius 3 is 2.86 bits per heavy atom. The number of halogens is 1. The Hall–Kier alpha value is -2.77. The minimum absolute atomic E-state index is 0.0940. The van der Waals surface area contributed by atoms with Crippen molar-refractivity contribution >= 4 is 23.1 Å². The predicted molar refractivity (Wildman–Crippen MR) is 77.3 cm³/mol. The summed E-state index contributed by atoms with van der Waals surface area (Å²) in [6, 6.07) is 5.75. The second-order valence-electron chi connectivity index (χ2n) is 4.23. The van der Waals surface area contributed by atoms with Gasteiger partial charge < -0.3 is 10.2 Å². The minimum Gasteiger partial charge on any atom is -0.354 e. The molecule has 0 amide bonds. The minimum atomic E-state index is -0.569. The van der Waals surface area contributed by atoms with Crippen molar-refractivity contribution < 1.29 is 9.31 Å². The van der Waals surface area contributed by atoms with Gasteiger partial charge in [0.1, 0.15) is 12.0 Å². The molecule has 1 aromatic carbocycles. The zero-order valence-corrected chi connectivity index (χ0v) is 11.6. The smallest absolute Gasteiger partial charge is 0.330 e. The summed E-state index contributed by atoms with van der Waals surface area (Å²) < 4.78 is 13.3.